The summed E-state index contributed by atoms with van der Waals surface area (Å²) in [5, 5.41) is 13.5. The monoisotopic (exact) mass is 418 g/mol. The summed E-state index contributed by atoms with van der Waals surface area (Å²) >= 11 is 6.18. The van der Waals surface area contributed by atoms with Crippen LogP contribution in [-0.4, -0.2) is 22.2 Å². The van der Waals surface area contributed by atoms with Gasteiger partial charge in [0.25, 0.3) is 0 Å². The smallest absolute Gasteiger partial charge is 0.337 e. The van der Waals surface area contributed by atoms with E-state index in [4.69, 9.17) is 11.6 Å². The van der Waals surface area contributed by atoms with Gasteiger partial charge in [0.1, 0.15) is 5.82 Å². The maximum atomic E-state index is 13.3. The highest BCUT2D eigenvalue weighted by atomic mass is 35.5. The van der Waals surface area contributed by atoms with Crippen molar-refractivity contribution in [2.75, 3.05) is 6.54 Å². The second kappa shape index (κ2) is 9.59. The number of nitrogens with one attached hydrogen (secondary N) is 1. The highest BCUT2D eigenvalue weighted by Crippen LogP contribution is 2.26. The zero-order valence-corrected chi connectivity index (χ0v) is 17.8. The van der Waals surface area contributed by atoms with Gasteiger partial charge in [-0.25, -0.2) is 9.18 Å². The Balaban J connectivity index is 1.76. The second-order valence-corrected chi connectivity index (χ2v) is 8.09. The topological polar surface area (TPSA) is 54.3 Å². The van der Waals surface area contributed by atoms with E-state index in [2.05, 4.69) is 11.4 Å². The molecule has 0 bridgehead atoms. The third kappa shape index (κ3) is 5.09. The van der Waals surface area contributed by atoms with E-state index in [1.54, 1.807) is 6.07 Å². The zero-order chi connectivity index (χ0) is 21.0. The van der Waals surface area contributed by atoms with Crippen molar-refractivity contribution in [1.29, 1.82) is 0 Å². The Morgan fingerprint density at radius 3 is 2.72 bits per heavy atom. The number of hydrogen-bond acceptors (Lipinski definition) is 2. The molecule has 2 aromatic rings. The first-order valence-corrected chi connectivity index (χ1v) is 10.5. The molecule has 0 unspecified atom stereocenters. The van der Waals surface area contributed by atoms with Crippen LogP contribution in [0.3, 0.4) is 0 Å². The quantitative estimate of drug-likeness (QED) is 0.432. The molecule has 0 aliphatic heterocycles. The number of carbonyl (C=O) groups is 1. The van der Waals surface area contributed by atoms with Crippen molar-refractivity contribution < 1.29 is 14.3 Å². The molecule has 29 heavy (non-hydrogen) atoms. The highest BCUT2D eigenvalue weighted by molar-refractivity contribution is 6.31. The molecule has 0 fully saturated rings. The number of nitrogens with zero attached hydrogens (tertiary/aromatic N) is 1. The summed E-state index contributed by atoms with van der Waals surface area (Å²) in [5.41, 5.74) is 4.97. The number of carboxylic acid groups (broad SMARTS) is 1. The number of carboxylic acids is 1. The number of benzene rings is 1. The van der Waals surface area contributed by atoms with E-state index in [0.717, 1.165) is 29.8 Å². The van der Waals surface area contributed by atoms with Crippen molar-refractivity contribution in [3.8, 4) is 0 Å². The lowest BCUT2D eigenvalue weighted by Gasteiger charge is -2.13. The molecule has 0 amide bonds. The minimum absolute atomic E-state index is 0.338. The van der Waals surface area contributed by atoms with Gasteiger partial charge in [0.2, 0.25) is 0 Å². The van der Waals surface area contributed by atoms with Crippen molar-refractivity contribution in [2.24, 2.45) is 0 Å². The van der Waals surface area contributed by atoms with E-state index in [1.807, 2.05) is 18.4 Å². The van der Waals surface area contributed by atoms with E-state index in [0.29, 0.717) is 29.4 Å². The number of hydrogen-bond donors (Lipinski definition) is 2. The molecule has 1 aliphatic carbocycles. The largest absolute Gasteiger partial charge is 0.478 e. The van der Waals surface area contributed by atoms with Gasteiger partial charge in [0.05, 0.1) is 5.56 Å². The molecule has 0 spiro atoms. The Bertz CT molecular complexity index is 933. The normalized spacial score (nSPS) is 14.1. The van der Waals surface area contributed by atoms with Gasteiger partial charge in [0.15, 0.2) is 0 Å². The molecule has 1 aromatic carbocycles. The van der Waals surface area contributed by atoms with E-state index < -0.39 is 5.97 Å². The van der Waals surface area contributed by atoms with Crippen LogP contribution in [0.4, 0.5) is 4.39 Å². The fourth-order valence-corrected chi connectivity index (χ4v) is 4.33. The summed E-state index contributed by atoms with van der Waals surface area (Å²) in [6, 6.07) is 4.30. The first kappa shape index (κ1) is 21.6. The summed E-state index contributed by atoms with van der Waals surface area (Å²) in [4.78, 5) is 11.9. The lowest BCUT2D eigenvalue weighted by Crippen LogP contribution is -2.18. The van der Waals surface area contributed by atoms with Gasteiger partial charge in [-0.3, -0.25) is 0 Å². The van der Waals surface area contributed by atoms with Gasteiger partial charge in [-0.1, -0.05) is 29.3 Å². The third-order valence-corrected chi connectivity index (χ3v) is 6.13. The molecule has 0 saturated carbocycles. The lowest BCUT2D eigenvalue weighted by molar-refractivity contribution is 0.0694. The number of aromatic carboxylic acids is 1. The number of aromatic nitrogens is 1. The molecule has 4 nitrogen and oxygen atoms in total. The van der Waals surface area contributed by atoms with E-state index in [1.165, 1.54) is 43.4 Å². The Morgan fingerprint density at radius 1 is 1.28 bits per heavy atom. The average Bonchev–Trinajstić information content (AvgIpc) is 2.92. The second-order valence-electron chi connectivity index (χ2n) is 7.69. The van der Waals surface area contributed by atoms with Crippen molar-refractivity contribution in [2.45, 2.75) is 59.0 Å². The molecule has 1 aliphatic rings. The Hall–Kier alpha value is -2.11. The standard InChI is InChI=1S/C23H28ClFN2O2/c1-15-20(13-26-11-10-17-6-4-3-5-7-17)22(23(28)29)16(2)27(15)14-18-8-9-19(25)12-21(18)24/h6,8-9,12,26H,3-5,7,10-11,13-14H2,1-2H3,(H,28,29). The molecule has 1 aromatic heterocycles. The molecule has 2 N–H and O–H groups in total. The van der Waals surface area contributed by atoms with Gasteiger partial charge >= 0.3 is 5.97 Å². The van der Waals surface area contributed by atoms with Crippen LogP contribution in [0, 0.1) is 19.7 Å². The molecule has 0 saturated heterocycles. The summed E-state index contributed by atoms with van der Waals surface area (Å²) < 4.78 is 15.3. The molecule has 1 heterocycles. The summed E-state index contributed by atoms with van der Waals surface area (Å²) in [6.07, 6.45) is 8.24. The molecule has 3 rings (SSSR count). The lowest BCUT2D eigenvalue weighted by atomic mass is 9.97. The summed E-state index contributed by atoms with van der Waals surface area (Å²) in [6.45, 7) is 5.48. The molecular weight excluding hydrogens is 391 g/mol. The predicted molar refractivity (Wildman–Crippen MR) is 114 cm³/mol. The SMILES string of the molecule is Cc1c(CNCCC2=CCCCC2)c(C(=O)O)c(C)n1Cc1ccc(F)cc1Cl. The fourth-order valence-electron chi connectivity index (χ4n) is 4.10. The number of allylic oxidation sites excluding steroid dienone is 1. The van der Waals surface area contributed by atoms with Crippen LogP contribution in [0.15, 0.2) is 29.8 Å². The Labute approximate surface area is 176 Å². The van der Waals surface area contributed by atoms with Crippen LogP contribution < -0.4 is 5.32 Å². The maximum Gasteiger partial charge on any atom is 0.337 e. The van der Waals surface area contributed by atoms with E-state index in [9.17, 15) is 14.3 Å². The van der Waals surface area contributed by atoms with Crippen LogP contribution in [0.1, 0.15) is 65.0 Å². The van der Waals surface area contributed by atoms with Crippen LogP contribution >= 0.6 is 11.6 Å². The molecule has 0 radical (unpaired) electrons. The number of halogens is 2. The average molecular weight is 419 g/mol. The highest BCUT2D eigenvalue weighted by Gasteiger charge is 2.22. The van der Waals surface area contributed by atoms with Gasteiger partial charge in [-0.05, 0) is 70.2 Å². The predicted octanol–water partition coefficient (Wildman–Crippen LogP) is 5.62. The molecule has 0 atom stereocenters. The van der Waals surface area contributed by atoms with Crippen molar-refractivity contribution in [3.05, 3.63) is 68.8 Å². The van der Waals surface area contributed by atoms with Gasteiger partial charge in [0, 0.05) is 35.1 Å². The number of rotatable bonds is 8. The van der Waals surface area contributed by atoms with Crippen LogP contribution in [0.5, 0.6) is 0 Å². The molecular formula is C23H28ClFN2O2. The van der Waals surface area contributed by atoms with Gasteiger partial charge in [-0.15, -0.1) is 0 Å². The first-order valence-electron chi connectivity index (χ1n) is 10.1. The van der Waals surface area contributed by atoms with E-state index in [-0.39, 0.29) is 5.82 Å². The van der Waals surface area contributed by atoms with Crippen molar-refractivity contribution in [1.82, 2.24) is 9.88 Å². The van der Waals surface area contributed by atoms with Crippen LogP contribution in [0.2, 0.25) is 5.02 Å². The molecule has 156 valence electrons. The summed E-state index contributed by atoms with van der Waals surface area (Å²) in [7, 11) is 0. The third-order valence-electron chi connectivity index (χ3n) is 5.78. The van der Waals surface area contributed by atoms with Crippen molar-refractivity contribution in [3.63, 3.8) is 0 Å². The van der Waals surface area contributed by atoms with E-state index >= 15 is 0 Å². The Morgan fingerprint density at radius 2 is 2.07 bits per heavy atom. The first-order chi connectivity index (χ1) is 13.9. The van der Waals surface area contributed by atoms with Gasteiger partial charge < -0.3 is 15.0 Å². The maximum absolute atomic E-state index is 13.3. The fraction of sp³-hybridized carbons (Fsp3) is 0.435. The zero-order valence-electron chi connectivity index (χ0n) is 17.0. The minimum atomic E-state index is -0.929. The minimum Gasteiger partial charge on any atom is -0.478 e. The van der Waals surface area contributed by atoms with Crippen molar-refractivity contribution >= 4 is 17.6 Å². The van der Waals surface area contributed by atoms with Crippen LogP contribution in [0.25, 0.3) is 0 Å². The Kier molecular flexibility index (Phi) is 7.14. The summed E-state index contributed by atoms with van der Waals surface area (Å²) in [5.74, 6) is -1.31. The molecule has 6 heteroatoms. The van der Waals surface area contributed by atoms with Crippen LogP contribution in [-0.2, 0) is 13.1 Å². The van der Waals surface area contributed by atoms with Gasteiger partial charge in [-0.2, -0.15) is 0 Å².